The maximum Gasteiger partial charge on any atom is 0.265 e. The minimum absolute atomic E-state index is 0.0531. The van der Waals surface area contributed by atoms with Gasteiger partial charge in [-0.1, -0.05) is 11.2 Å². The highest BCUT2D eigenvalue weighted by molar-refractivity contribution is 5.79. The van der Waals surface area contributed by atoms with Crippen LogP contribution in [0.3, 0.4) is 0 Å². The molecule has 0 radical (unpaired) electrons. The third kappa shape index (κ3) is 4.00. The van der Waals surface area contributed by atoms with Crippen LogP contribution < -0.4 is 10.3 Å². The molecule has 0 atom stereocenters. The van der Waals surface area contributed by atoms with Crippen molar-refractivity contribution in [1.29, 1.82) is 5.26 Å². The molecule has 5 aromatic rings. The van der Waals surface area contributed by atoms with E-state index in [0.29, 0.717) is 45.2 Å². The van der Waals surface area contributed by atoms with Crippen molar-refractivity contribution in [3.05, 3.63) is 94.8 Å². The average Bonchev–Trinajstić information content (AvgIpc) is 3.33. The summed E-state index contributed by atoms with van der Waals surface area (Å²) in [6.07, 6.45) is 1.43. The van der Waals surface area contributed by atoms with Gasteiger partial charge in [0.1, 0.15) is 17.8 Å². The number of nitriles is 1. The molecule has 160 valence electrons. The molecular formula is C24H15N5O4. The molecule has 2 heterocycles. The number of aromatic nitrogens is 4. The SMILES string of the molecule is N#Cc1cccc(-c2nc(COc3ccc4c(=O)n(-c5ccc(O)cc5)cnc4c3)no2)c1. The molecule has 0 bridgehead atoms. The summed E-state index contributed by atoms with van der Waals surface area (Å²) in [5.41, 5.74) is 1.99. The molecular weight excluding hydrogens is 422 g/mol. The Labute approximate surface area is 186 Å². The van der Waals surface area contributed by atoms with E-state index < -0.39 is 0 Å². The van der Waals surface area contributed by atoms with E-state index in [-0.39, 0.29) is 17.9 Å². The number of hydrogen-bond donors (Lipinski definition) is 1. The Morgan fingerprint density at radius 1 is 1.09 bits per heavy atom. The van der Waals surface area contributed by atoms with Gasteiger partial charge in [-0.3, -0.25) is 9.36 Å². The summed E-state index contributed by atoms with van der Waals surface area (Å²) >= 11 is 0. The molecule has 0 aliphatic carbocycles. The van der Waals surface area contributed by atoms with Gasteiger partial charge in [0.2, 0.25) is 5.82 Å². The predicted molar refractivity (Wildman–Crippen MR) is 118 cm³/mol. The van der Waals surface area contributed by atoms with E-state index in [1.54, 1.807) is 54.6 Å². The van der Waals surface area contributed by atoms with E-state index in [0.717, 1.165) is 0 Å². The third-order valence-corrected chi connectivity index (χ3v) is 4.93. The second-order valence-corrected chi connectivity index (χ2v) is 7.11. The van der Waals surface area contributed by atoms with Crippen molar-refractivity contribution in [2.45, 2.75) is 6.61 Å². The Morgan fingerprint density at radius 2 is 1.94 bits per heavy atom. The number of hydrogen-bond acceptors (Lipinski definition) is 8. The summed E-state index contributed by atoms with van der Waals surface area (Å²) < 4.78 is 12.4. The van der Waals surface area contributed by atoms with Crippen molar-refractivity contribution in [1.82, 2.24) is 19.7 Å². The van der Waals surface area contributed by atoms with Gasteiger partial charge in [0.15, 0.2) is 6.61 Å². The molecule has 0 saturated heterocycles. The topological polar surface area (TPSA) is 127 Å². The Hall–Kier alpha value is -4.97. The second-order valence-electron chi connectivity index (χ2n) is 7.11. The Kier molecular flexibility index (Phi) is 5.01. The van der Waals surface area contributed by atoms with Crippen LogP contribution in [0.25, 0.3) is 28.0 Å². The van der Waals surface area contributed by atoms with Gasteiger partial charge in [-0.05, 0) is 54.6 Å². The standard InChI is InChI=1S/C24H15N5O4/c25-12-15-2-1-3-16(10-15)23-27-22(28-33-23)13-32-19-8-9-20-21(11-19)26-14-29(24(20)31)17-4-6-18(30)7-5-17/h1-11,14,30H,13H2. The Balaban J connectivity index is 1.34. The largest absolute Gasteiger partial charge is 0.508 e. The molecule has 3 aromatic carbocycles. The van der Waals surface area contributed by atoms with Crippen molar-refractivity contribution in [2.75, 3.05) is 0 Å². The zero-order chi connectivity index (χ0) is 22.8. The Morgan fingerprint density at radius 3 is 2.76 bits per heavy atom. The predicted octanol–water partition coefficient (Wildman–Crippen LogP) is 3.59. The summed E-state index contributed by atoms with van der Waals surface area (Å²) in [5, 5.41) is 22.8. The monoisotopic (exact) mass is 437 g/mol. The highest BCUT2D eigenvalue weighted by Gasteiger charge is 2.11. The minimum Gasteiger partial charge on any atom is -0.508 e. The lowest BCUT2D eigenvalue weighted by Gasteiger charge is -2.08. The summed E-state index contributed by atoms with van der Waals surface area (Å²) in [4.78, 5) is 21.5. The van der Waals surface area contributed by atoms with Crippen LogP contribution in [0.1, 0.15) is 11.4 Å². The molecule has 1 N–H and O–H groups in total. The highest BCUT2D eigenvalue weighted by atomic mass is 16.5. The first kappa shape index (κ1) is 20.0. The lowest BCUT2D eigenvalue weighted by molar-refractivity contribution is 0.287. The smallest absolute Gasteiger partial charge is 0.265 e. The maximum atomic E-state index is 12.9. The third-order valence-electron chi connectivity index (χ3n) is 4.93. The van der Waals surface area contributed by atoms with E-state index >= 15 is 0 Å². The van der Waals surface area contributed by atoms with Crippen molar-refractivity contribution in [3.8, 4) is 34.7 Å². The van der Waals surface area contributed by atoms with Crippen LogP contribution in [0.4, 0.5) is 0 Å². The van der Waals surface area contributed by atoms with Gasteiger partial charge in [0.25, 0.3) is 11.4 Å². The molecule has 0 amide bonds. The summed E-state index contributed by atoms with van der Waals surface area (Å²) in [7, 11) is 0. The van der Waals surface area contributed by atoms with Gasteiger partial charge < -0.3 is 14.4 Å². The maximum absolute atomic E-state index is 12.9. The number of fused-ring (bicyclic) bond motifs is 1. The van der Waals surface area contributed by atoms with Crippen molar-refractivity contribution in [3.63, 3.8) is 0 Å². The van der Waals surface area contributed by atoms with Gasteiger partial charge in [0.05, 0.1) is 28.2 Å². The number of aromatic hydroxyl groups is 1. The van der Waals surface area contributed by atoms with Crippen LogP contribution in [0.15, 0.2) is 82.4 Å². The molecule has 0 aliphatic heterocycles. The number of phenolic OH excluding ortho intramolecular Hbond substituents is 1. The van der Waals surface area contributed by atoms with Crippen LogP contribution >= 0.6 is 0 Å². The first-order valence-corrected chi connectivity index (χ1v) is 9.87. The molecule has 0 unspecified atom stereocenters. The summed E-state index contributed by atoms with van der Waals surface area (Å²) in [5.74, 6) is 1.24. The van der Waals surface area contributed by atoms with E-state index in [9.17, 15) is 9.90 Å². The van der Waals surface area contributed by atoms with Gasteiger partial charge >= 0.3 is 0 Å². The molecule has 5 rings (SSSR count). The van der Waals surface area contributed by atoms with Crippen molar-refractivity contribution < 1.29 is 14.4 Å². The fourth-order valence-electron chi connectivity index (χ4n) is 3.29. The zero-order valence-electron chi connectivity index (χ0n) is 17.0. The highest BCUT2D eigenvalue weighted by Crippen LogP contribution is 2.21. The minimum atomic E-state index is -0.236. The molecule has 0 fully saturated rings. The average molecular weight is 437 g/mol. The van der Waals surface area contributed by atoms with Gasteiger partial charge in [0, 0.05) is 11.6 Å². The summed E-state index contributed by atoms with van der Waals surface area (Å²) in [6.45, 7) is 0.0531. The fourth-order valence-corrected chi connectivity index (χ4v) is 3.29. The van der Waals surface area contributed by atoms with Gasteiger partial charge in [-0.25, -0.2) is 4.98 Å². The molecule has 2 aromatic heterocycles. The van der Waals surface area contributed by atoms with E-state index in [4.69, 9.17) is 14.5 Å². The van der Waals surface area contributed by atoms with Crippen LogP contribution in [0.2, 0.25) is 0 Å². The normalized spacial score (nSPS) is 10.8. The van der Waals surface area contributed by atoms with E-state index in [1.165, 1.54) is 23.0 Å². The van der Waals surface area contributed by atoms with Gasteiger partial charge in [-0.15, -0.1) is 0 Å². The van der Waals surface area contributed by atoms with Crippen molar-refractivity contribution in [2.24, 2.45) is 0 Å². The number of ether oxygens (including phenoxy) is 1. The molecule has 9 nitrogen and oxygen atoms in total. The Bertz CT molecular complexity index is 1560. The van der Waals surface area contributed by atoms with Crippen LogP contribution in [0.5, 0.6) is 11.5 Å². The van der Waals surface area contributed by atoms with Crippen LogP contribution in [0, 0.1) is 11.3 Å². The second kappa shape index (κ2) is 8.28. The molecule has 9 heteroatoms. The number of phenols is 1. The number of benzene rings is 3. The molecule has 0 saturated carbocycles. The molecule has 0 aliphatic rings. The zero-order valence-corrected chi connectivity index (χ0v) is 17.0. The number of rotatable bonds is 5. The fraction of sp³-hybridized carbons (Fsp3) is 0.0417. The summed E-state index contributed by atoms with van der Waals surface area (Å²) in [6, 6.07) is 20.2. The number of nitrogens with zero attached hydrogens (tertiary/aromatic N) is 5. The lowest BCUT2D eigenvalue weighted by atomic mass is 10.1. The quantitative estimate of drug-likeness (QED) is 0.442. The van der Waals surface area contributed by atoms with Crippen molar-refractivity contribution >= 4 is 10.9 Å². The first-order chi connectivity index (χ1) is 16.1. The van der Waals surface area contributed by atoms with E-state index in [1.807, 2.05) is 0 Å². The van der Waals surface area contributed by atoms with Crippen LogP contribution in [-0.2, 0) is 6.61 Å². The van der Waals surface area contributed by atoms with E-state index in [2.05, 4.69) is 21.2 Å². The molecule has 33 heavy (non-hydrogen) atoms. The van der Waals surface area contributed by atoms with Crippen LogP contribution in [-0.4, -0.2) is 24.8 Å². The van der Waals surface area contributed by atoms with Gasteiger partial charge in [-0.2, -0.15) is 10.2 Å². The molecule has 0 spiro atoms. The first-order valence-electron chi connectivity index (χ1n) is 9.87. The lowest BCUT2D eigenvalue weighted by Crippen LogP contribution is -2.18.